The molecule has 1 atom stereocenters. The molecule has 0 unspecified atom stereocenters. The van der Waals surface area contributed by atoms with Crippen LogP contribution in [0.15, 0.2) is 59.1 Å². The van der Waals surface area contributed by atoms with Gasteiger partial charge in [0.25, 0.3) is 0 Å². The van der Waals surface area contributed by atoms with E-state index in [0.29, 0.717) is 21.8 Å². The smallest absolute Gasteiger partial charge is 0.384 e. The fraction of sp³-hybridized carbons (Fsp3) is 0.296. The van der Waals surface area contributed by atoms with Crippen molar-refractivity contribution >= 4 is 34.7 Å². The number of nitrogens with one attached hydrogen (secondary N) is 1. The number of anilines is 2. The second kappa shape index (κ2) is 7.86. The second-order valence-corrected chi connectivity index (χ2v) is 10.7. The summed E-state index contributed by atoms with van der Waals surface area (Å²) in [6.45, 7) is 5.33. The Bertz CT molecular complexity index is 1520. The van der Waals surface area contributed by atoms with Crippen LogP contribution in [0.25, 0.3) is 0 Å². The number of nitrogens with zero attached hydrogens (tertiary/aromatic N) is 2. The molecule has 0 radical (unpaired) electrons. The van der Waals surface area contributed by atoms with Crippen LogP contribution < -0.4 is 16.0 Å². The molecule has 0 fully saturated rings. The van der Waals surface area contributed by atoms with Crippen LogP contribution in [0.2, 0.25) is 5.02 Å². The number of nitrogens with two attached hydrogens (primary N) is 1. The van der Waals surface area contributed by atoms with Crippen molar-refractivity contribution in [3.05, 3.63) is 80.8 Å². The lowest BCUT2D eigenvalue weighted by Crippen LogP contribution is -2.52. The number of halogens is 4. The third-order valence-corrected chi connectivity index (χ3v) is 7.72. The van der Waals surface area contributed by atoms with Crippen molar-refractivity contribution in [2.45, 2.75) is 45.2 Å². The third kappa shape index (κ3) is 3.32. The molecule has 190 valence electrons. The standard InChI is InChI=1S/C27H22ClF3N4O2/c1-13-17(28)9-8-15-22(13)34-24(37)26(15)16(12-32)23(33)35(18-7-5-4-6-14(18)27(29,30)31)19-10-25(2,3)11-20(36)21(19)26/h4-9H,10-11,33H2,1-3H3,(H,34,37)/t26-/m1/s1. The van der Waals surface area contributed by atoms with Crippen LogP contribution in [-0.2, 0) is 21.2 Å². The Morgan fingerprint density at radius 2 is 1.81 bits per heavy atom. The van der Waals surface area contributed by atoms with Gasteiger partial charge >= 0.3 is 6.18 Å². The van der Waals surface area contributed by atoms with Crippen molar-refractivity contribution < 1.29 is 22.8 Å². The number of ketones is 1. The number of allylic oxidation sites excluding steroid dienone is 1. The average molecular weight is 527 g/mol. The Morgan fingerprint density at radius 3 is 2.46 bits per heavy atom. The van der Waals surface area contributed by atoms with E-state index in [-0.39, 0.29) is 41.2 Å². The van der Waals surface area contributed by atoms with E-state index in [9.17, 15) is 28.0 Å². The fourth-order valence-electron chi connectivity index (χ4n) is 5.79. The van der Waals surface area contributed by atoms with Crippen LogP contribution >= 0.6 is 11.6 Å². The molecule has 0 saturated heterocycles. The first-order chi connectivity index (χ1) is 17.3. The number of carbonyl (C=O) groups excluding carboxylic acids is 2. The molecular formula is C27H22ClF3N4O2. The maximum Gasteiger partial charge on any atom is 0.418 e. The number of para-hydroxylation sites is 1. The highest BCUT2D eigenvalue weighted by atomic mass is 35.5. The largest absolute Gasteiger partial charge is 0.418 e. The minimum absolute atomic E-state index is 0.0347. The lowest BCUT2D eigenvalue weighted by atomic mass is 9.60. The minimum atomic E-state index is -4.74. The first-order valence-corrected chi connectivity index (χ1v) is 11.9. The van der Waals surface area contributed by atoms with Crippen molar-refractivity contribution in [2.24, 2.45) is 11.1 Å². The van der Waals surface area contributed by atoms with Gasteiger partial charge in [0.15, 0.2) is 5.78 Å². The van der Waals surface area contributed by atoms with Crippen molar-refractivity contribution in [2.75, 3.05) is 10.2 Å². The lowest BCUT2D eigenvalue weighted by Gasteiger charge is -2.47. The van der Waals surface area contributed by atoms with E-state index in [0.717, 1.165) is 11.0 Å². The van der Waals surface area contributed by atoms with Gasteiger partial charge in [-0.1, -0.05) is 43.6 Å². The van der Waals surface area contributed by atoms with Gasteiger partial charge in [-0.2, -0.15) is 18.4 Å². The number of alkyl halides is 3. The molecule has 2 aromatic rings. The molecular weight excluding hydrogens is 505 g/mol. The number of nitriles is 1. The first kappa shape index (κ1) is 24.9. The van der Waals surface area contributed by atoms with Crippen molar-refractivity contribution in [1.29, 1.82) is 5.26 Å². The van der Waals surface area contributed by atoms with Gasteiger partial charge in [-0.25, -0.2) is 0 Å². The molecule has 2 heterocycles. The SMILES string of the molecule is Cc1c(Cl)ccc2c1NC(=O)[C@@]21C(C#N)=C(N)N(c2ccccc2C(F)(F)F)C2=C1C(=O)CC(C)(C)C2. The summed E-state index contributed by atoms with van der Waals surface area (Å²) in [5.41, 5.74) is 3.72. The first-order valence-electron chi connectivity index (χ1n) is 11.5. The Labute approximate surface area is 216 Å². The predicted molar refractivity (Wildman–Crippen MR) is 132 cm³/mol. The third-order valence-electron chi connectivity index (χ3n) is 7.31. The van der Waals surface area contributed by atoms with E-state index < -0.39 is 34.3 Å². The number of rotatable bonds is 1. The van der Waals surface area contributed by atoms with E-state index >= 15 is 0 Å². The number of amides is 1. The van der Waals surface area contributed by atoms with E-state index in [2.05, 4.69) is 5.32 Å². The number of benzene rings is 2. The number of carbonyl (C=O) groups is 2. The number of fused-ring (bicyclic) bond motifs is 3. The zero-order valence-electron chi connectivity index (χ0n) is 20.2. The van der Waals surface area contributed by atoms with E-state index in [4.69, 9.17) is 17.3 Å². The summed E-state index contributed by atoms with van der Waals surface area (Å²) in [6.07, 6.45) is -4.55. The van der Waals surface area contributed by atoms with Crippen LogP contribution in [0, 0.1) is 23.7 Å². The van der Waals surface area contributed by atoms with Gasteiger partial charge in [-0.05, 0) is 42.5 Å². The Kier molecular flexibility index (Phi) is 5.29. The predicted octanol–water partition coefficient (Wildman–Crippen LogP) is 5.71. The Balaban J connectivity index is 1.93. The lowest BCUT2D eigenvalue weighted by molar-refractivity contribution is -0.137. The van der Waals surface area contributed by atoms with Crippen molar-refractivity contribution in [3.8, 4) is 6.07 Å². The van der Waals surface area contributed by atoms with E-state index in [1.54, 1.807) is 19.1 Å². The minimum Gasteiger partial charge on any atom is -0.384 e. The summed E-state index contributed by atoms with van der Waals surface area (Å²) in [5.74, 6) is -1.44. The maximum atomic E-state index is 14.1. The van der Waals surface area contributed by atoms with Crippen LogP contribution in [0.1, 0.15) is 43.4 Å². The fourth-order valence-corrected chi connectivity index (χ4v) is 5.95. The number of Topliss-reactive ketones (excluding diaryl/α,β-unsaturated/α-hetero) is 1. The molecule has 3 aliphatic rings. The molecule has 3 N–H and O–H groups in total. The molecule has 10 heteroatoms. The van der Waals surface area contributed by atoms with E-state index in [1.165, 1.54) is 18.2 Å². The summed E-state index contributed by atoms with van der Waals surface area (Å²) >= 11 is 6.29. The normalized spacial score (nSPS) is 22.7. The summed E-state index contributed by atoms with van der Waals surface area (Å²) in [5, 5.41) is 13.5. The van der Waals surface area contributed by atoms with Crippen LogP contribution in [0.4, 0.5) is 24.5 Å². The van der Waals surface area contributed by atoms with Gasteiger partial charge in [0.2, 0.25) is 5.91 Å². The summed E-state index contributed by atoms with van der Waals surface area (Å²) < 4.78 is 42.3. The summed E-state index contributed by atoms with van der Waals surface area (Å²) in [4.78, 5) is 28.8. The molecule has 5 rings (SSSR count). The summed E-state index contributed by atoms with van der Waals surface area (Å²) in [7, 11) is 0. The molecule has 1 aliphatic carbocycles. The molecule has 2 aromatic carbocycles. The number of hydrogen-bond acceptors (Lipinski definition) is 5. The van der Waals surface area contributed by atoms with Gasteiger partial charge in [-0.15, -0.1) is 0 Å². The van der Waals surface area contributed by atoms with Crippen molar-refractivity contribution in [3.63, 3.8) is 0 Å². The molecule has 1 spiro atoms. The van der Waals surface area contributed by atoms with Gasteiger partial charge < -0.3 is 11.1 Å². The van der Waals surface area contributed by atoms with Gasteiger partial charge in [0, 0.05) is 28.3 Å². The van der Waals surface area contributed by atoms with Crippen LogP contribution in [0.5, 0.6) is 0 Å². The summed E-state index contributed by atoms with van der Waals surface area (Å²) in [6, 6.07) is 9.93. The quantitative estimate of drug-likeness (QED) is 0.495. The van der Waals surface area contributed by atoms with Gasteiger partial charge in [0.1, 0.15) is 17.3 Å². The van der Waals surface area contributed by atoms with Gasteiger partial charge in [-0.3, -0.25) is 14.5 Å². The molecule has 0 saturated carbocycles. The van der Waals surface area contributed by atoms with E-state index in [1.807, 2.05) is 19.9 Å². The molecule has 37 heavy (non-hydrogen) atoms. The molecule has 0 aromatic heterocycles. The molecule has 0 bridgehead atoms. The zero-order chi connectivity index (χ0) is 27.1. The second-order valence-electron chi connectivity index (χ2n) is 10.3. The van der Waals surface area contributed by atoms with Gasteiger partial charge in [0.05, 0.1) is 22.5 Å². The highest BCUT2D eigenvalue weighted by molar-refractivity contribution is 6.32. The van der Waals surface area contributed by atoms with Crippen LogP contribution in [0.3, 0.4) is 0 Å². The topological polar surface area (TPSA) is 99.2 Å². The monoisotopic (exact) mass is 526 g/mol. The zero-order valence-corrected chi connectivity index (χ0v) is 20.9. The highest BCUT2D eigenvalue weighted by Gasteiger charge is 2.61. The van der Waals surface area contributed by atoms with Crippen LogP contribution in [-0.4, -0.2) is 11.7 Å². The molecule has 1 amide bonds. The Hall–Kier alpha value is -3.77. The maximum absolute atomic E-state index is 14.1. The highest BCUT2D eigenvalue weighted by Crippen LogP contribution is 2.58. The molecule has 6 nitrogen and oxygen atoms in total. The molecule has 2 aliphatic heterocycles. The Morgan fingerprint density at radius 1 is 1.14 bits per heavy atom. The van der Waals surface area contributed by atoms with Crippen molar-refractivity contribution in [1.82, 2.24) is 0 Å². The average Bonchev–Trinajstić information content (AvgIpc) is 3.08. The number of hydrogen-bond donors (Lipinski definition) is 2.